The van der Waals surface area contributed by atoms with Crippen LogP contribution in [0.25, 0.3) is 0 Å². The Balaban J connectivity index is 2.34. The van der Waals surface area contributed by atoms with Gasteiger partial charge in [0.1, 0.15) is 11.8 Å². The molecule has 0 radical (unpaired) electrons. The standard InChI is InChI=1S/C15H19NO6/c1-20-10-6-4-9(5-7-10)13-11(14(17)21-2)8-12(16(13)19)15(18)22-3/h4-7,11-13,19H,8H2,1-3H3/t11-,12-,13-/m0/s1. The van der Waals surface area contributed by atoms with Gasteiger partial charge in [0, 0.05) is 0 Å². The van der Waals surface area contributed by atoms with E-state index in [0.717, 1.165) is 5.06 Å². The fourth-order valence-electron chi connectivity index (χ4n) is 2.76. The van der Waals surface area contributed by atoms with Crippen molar-refractivity contribution in [2.24, 2.45) is 5.92 Å². The van der Waals surface area contributed by atoms with Gasteiger partial charge in [-0.15, -0.1) is 0 Å². The van der Waals surface area contributed by atoms with Crippen molar-refractivity contribution in [1.29, 1.82) is 0 Å². The second kappa shape index (κ2) is 6.76. The van der Waals surface area contributed by atoms with Crippen molar-refractivity contribution in [3.63, 3.8) is 0 Å². The van der Waals surface area contributed by atoms with Gasteiger partial charge in [0.2, 0.25) is 0 Å². The van der Waals surface area contributed by atoms with E-state index in [1.807, 2.05) is 0 Å². The van der Waals surface area contributed by atoms with E-state index in [-0.39, 0.29) is 6.42 Å². The number of rotatable bonds is 4. The number of methoxy groups -OCH3 is 3. The number of hydrogen-bond donors (Lipinski definition) is 1. The molecule has 0 saturated carbocycles. The maximum Gasteiger partial charge on any atom is 0.325 e. The van der Waals surface area contributed by atoms with E-state index in [0.29, 0.717) is 11.3 Å². The summed E-state index contributed by atoms with van der Waals surface area (Å²) in [4.78, 5) is 23.7. The zero-order valence-corrected chi connectivity index (χ0v) is 12.7. The molecule has 120 valence electrons. The fourth-order valence-corrected chi connectivity index (χ4v) is 2.76. The minimum absolute atomic E-state index is 0.131. The van der Waals surface area contributed by atoms with Crippen molar-refractivity contribution in [2.75, 3.05) is 21.3 Å². The summed E-state index contributed by atoms with van der Waals surface area (Å²) in [7, 11) is 4.07. The van der Waals surface area contributed by atoms with Crippen molar-refractivity contribution in [3.05, 3.63) is 29.8 Å². The van der Waals surface area contributed by atoms with E-state index in [9.17, 15) is 14.8 Å². The number of carbonyl (C=O) groups is 2. The van der Waals surface area contributed by atoms with Gasteiger partial charge >= 0.3 is 11.9 Å². The minimum atomic E-state index is -0.902. The Labute approximate surface area is 128 Å². The number of carbonyl (C=O) groups excluding carboxylic acids is 2. The summed E-state index contributed by atoms with van der Waals surface area (Å²) in [6.07, 6.45) is 0.131. The lowest BCUT2D eigenvalue weighted by Gasteiger charge is -2.24. The molecule has 1 aliphatic heterocycles. The Morgan fingerprint density at radius 1 is 1.09 bits per heavy atom. The normalized spacial score (nSPS) is 24.8. The predicted octanol–water partition coefficient (Wildman–Crippen LogP) is 1.16. The first-order valence-corrected chi connectivity index (χ1v) is 6.80. The van der Waals surface area contributed by atoms with Crippen molar-refractivity contribution in [1.82, 2.24) is 5.06 Å². The van der Waals surface area contributed by atoms with Crippen molar-refractivity contribution >= 4 is 11.9 Å². The average Bonchev–Trinajstić information content (AvgIpc) is 2.90. The average molecular weight is 309 g/mol. The number of hydroxylamine groups is 2. The van der Waals surface area contributed by atoms with Crippen LogP contribution in [0, 0.1) is 5.92 Å². The Bertz CT molecular complexity index is 543. The molecule has 22 heavy (non-hydrogen) atoms. The van der Waals surface area contributed by atoms with E-state index in [1.54, 1.807) is 31.4 Å². The molecule has 1 aromatic carbocycles. The second-order valence-electron chi connectivity index (χ2n) is 5.00. The lowest BCUT2D eigenvalue weighted by atomic mass is 9.93. The van der Waals surface area contributed by atoms with Crippen molar-refractivity contribution in [3.8, 4) is 5.75 Å². The lowest BCUT2D eigenvalue weighted by molar-refractivity contribution is -0.177. The quantitative estimate of drug-likeness (QED) is 0.835. The molecule has 7 nitrogen and oxygen atoms in total. The van der Waals surface area contributed by atoms with Crippen LogP contribution in [-0.2, 0) is 19.1 Å². The molecule has 0 amide bonds. The molecule has 1 fully saturated rings. The highest BCUT2D eigenvalue weighted by atomic mass is 16.5. The minimum Gasteiger partial charge on any atom is -0.497 e. The van der Waals surface area contributed by atoms with Gasteiger partial charge in [-0.05, 0) is 24.1 Å². The first-order chi connectivity index (χ1) is 10.5. The number of esters is 2. The van der Waals surface area contributed by atoms with Gasteiger partial charge in [0.25, 0.3) is 0 Å². The zero-order chi connectivity index (χ0) is 16.3. The van der Waals surface area contributed by atoms with Gasteiger partial charge in [0.05, 0.1) is 33.3 Å². The lowest BCUT2D eigenvalue weighted by Crippen LogP contribution is -2.36. The highest BCUT2D eigenvalue weighted by Crippen LogP contribution is 2.41. The first-order valence-electron chi connectivity index (χ1n) is 6.80. The summed E-state index contributed by atoms with van der Waals surface area (Å²) >= 11 is 0. The fraction of sp³-hybridized carbons (Fsp3) is 0.467. The summed E-state index contributed by atoms with van der Waals surface area (Å²) in [6.45, 7) is 0. The van der Waals surface area contributed by atoms with Crippen LogP contribution in [0.15, 0.2) is 24.3 Å². The Kier molecular flexibility index (Phi) is 4.99. The largest absolute Gasteiger partial charge is 0.497 e. The molecule has 0 aliphatic carbocycles. The summed E-state index contributed by atoms with van der Waals surface area (Å²) in [5, 5.41) is 11.2. The maximum absolute atomic E-state index is 12.0. The third-order valence-corrected chi connectivity index (χ3v) is 3.90. The van der Waals surface area contributed by atoms with Crippen LogP contribution in [0.2, 0.25) is 0 Å². The van der Waals surface area contributed by atoms with E-state index in [1.165, 1.54) is 14.2 Å². The molecular weight excluding hydrogens is 290 g/mol. The molecule has 0 unspecified atom stereocenters. The molecule has 0 aromatic heterocycles. The SMILES string of the molecule is COC(=O)[C@H]1C[C@@H](C(=O)OC)N(O)[C@H]1c1ccc(OC)cc1. The molecular formula is C15H19NO6. The van der Waals surface area contributed by atoms with Crippen LogP contribution in [0.4, 0.5) is 0 Å². The molecule has 7 heteroatoms. The Morgan fingerprint density at radius 2 is 1.68 bits per heavy atom. The Morgan fingerprint density at radius 3 is 2.18 bits per heavy atom. The van der Waals surface area contributed by atoms with Crippen LogP contribution < -0.4 is 4.74 Å². The van der Waals surface area contributed by atoms with Gasteiger partial charge in [-0.3, -0.25) is 9.59 Å². The van der Waals surface area contributed by atoms with E-state index in [4.69, 9.17) is 9.47 Å². The molecule has 1 aromatic rings. The topological polar surface area (TPSA) is 85.3 Å². The van der Waals surface area contributed by atoms with Gasteiger partial charge in [0.15, 0.2) is 0 Å². The number of benzene rings is 1. The monoisotopic (exact) mass is 309 g/mol. The molecule has 1 N–H and O–H groups in total. The summed E-state index contributed by atoms with van der Waals surface area (Å²) in [6, 6.07) is 5.35. The number of hydrogen-bond acceptors (Lipinski definition) is 7. The number of ether oxygens (including phenoxy) is 3. The molecule has 1 saturated heterocycles. The van der Waals surface area contributed by atoms with Gasteiger partial charge < -0.3 is 19.4 Å². The first kappa shape index (κ1) is 16.3. The van der Waals surface area contributed by atoms with Crippen LogP contribution in [0.5, 0.6) is 5.75 Å². The van der Waals surface area contributed by atoms with E-state index >= 15 is 0 Å². The summed E-state index contributed by atoms with van der Waals surface area (Å²) in [5.74, 6) is -1.07. The molecule has 1 aliphatic rings. The summed E-state index contributed by atoms with van der Waals surface area (Å²) in [5.41, 5.74) is 0.685. The second-order valence-corrected chi connectivity index (χ2v) is 5.00. The van der Waals surface area contributed by atoms with E-state index in [2.05, 4.69) is 4.74 Å². The van der Waals surface area contributed by atoms with Crippen molar-refractivity contribution in [2.45, 2.75) is 18.5 Å². The van der Waals surface area contributed by atoms with Crippen LogP contribution >= 0.6 is 0 Å². The third kappa shape index (κ3) is 2.90. The third-order valence-electron chi connectivity index (χ3n) is 3.90. The molecule has 3 atom stereocenters. The van der Waals surface area contributed by atoms with Crippen LogP contribution in [-0.4, -0.2) is 49.6 Å². The number of nitrogens with zero attached hydrogens (tertiary/aromatic N) is 1. The molecule has 1 heterocycles. The maximum atomic E-state index is 12.0. The highest BCUT2D eigenvalue weighted by Gasteiger charge is 2.49. The molecule has 2 rings (SSSR count). The Hall–Kier alpha value is -2.12. The predicted molar refractivity (Wildman–Crippen MR) is 75.3 cm³/mol. The van der Waals surface area contributed by atoms with Gasteiger partial charge in [-0.1, -0.05) is 12.1 Å². The van der Waals surface area contributed by atoms with E-state index < -0.39 is 29.9 Å². The smallest absolute Gasteiger partial charge is 0.325 e. The zero-order valence-electron chi connectivity index (χ0n) is 12.7. The van der Waals surface area contributed by atoms with Crippen LogP contribution in [0.1, 0.15) is 18.0 Å². The highest BCUT2D eigenvalue weighted by molar-refractivity contribution is 5.80. The molecule has 0 spiro atoms. The van der Waals surface area contributed by atoms with Crippen molar-refractivity contribution < 1.29 is 29.0 Å². The van der Waals surface area contributed by atoms with Crippen LogP contribution in [0.3, 0.4) is 0 Å². The van der Waals surface area contributed by atoms with Gasteiger partial charge in [-0.25, -0.2) is 0 Å². The molecule has 0 bridgehead atoms. The van der Waals surface area contributed by atoms with Gasteiger partial charge in [-0.2, -0.15) is 5.06 Å². The summed E-state index contributed by atoms with van der Waals surface area (Å²) < 4.78 is 14.6.